The van der Waals surface area contributed by atoms with Crippen LogP contribution >= 0.6 is 11.6 Å². The molecule has 0 unspecified atom stereocenters. The van der Waals surface area contributed by atoms with E-state index in [0.29, 0.717) is 35.9 Å². The van der Waals surface area contributed by atoms with Gasteiger partial charge in [0.2, 0.25) is 0 Å². The maximum atomic E-state index is 13.4. The van der Waals surface area contributed by atoms with Crippen LogP contribution < -0.4 is 4.90 Å². The first kappa shape index (κ1) is 22.4. The minimum Gasteiger partial charge on any atom is -0.368 e. The molecule has 32 heavy (non-hydrogen) atoms. The molecule has 2 aromatic carbocycles. The number of unbranched alkanes of at least 4 members (excludes halogenated alkanes) is 3. The molecule has 168 valence electrons. The number of imide groups is 1. The number of benzene rings is 2. The highest BCUT2D eigenvalue weighted by Gasteiger charge is 2.41. The smallest absolute Gasteiger partial charge is 0.277 e. The van der Waals surface area contributed by atoms with Crippen molar-refractivity contribution < 1.29 is 9.59 Å². The quantitative estimate of drug-likeness (QED) is 0.426. The third-order valence-electron chi connectivity index (χ3n) is 6.23. The molecule has 0 N–H and O–H groups in total. The molecule has 0 atom stereocenters. The summed E-state index contributed by atoms with van der Waals surface area (Å²) in [4.78, 5) is 32.7. The van der Waals surface area contributed by atoms with Gasteiger partial charge in [0.25, 0.3) is 11.8 Å². The first-order valence-corrected chi connectivity index (χ1v) is 11.9. The minimum atomic E-state index is -0.186. The first-order valence-electron chi connectivity index (χ1n) is 11.5. The molecule has 2 amide bonds. The third-order valence-corrected chi connectivity index (χ3v) is 6.48. The summed E-state index contributed by atoms with van der Waals surface area (Å²) >= 11 is 6.08. The van der Waals surface area contributed by atoms with Crippen molar-refractivity contribution >= 4 is 34.7 Å². The average molecular weight is 452 g/mol. The zero-order valence-corrected chi connectivity index (χ0v) is 19.4. The molecule has 0 aliphatic carbocycles. The van der Waals surface area contributed by atoms with Gasteiger partial charge in [0.05, 0.1) is 5.57 Å². The van der Waals surface area contributed by atoms with Gasteiger partial charge in [-0.1, -0.05) is 68.1 Å². The van der Waals surface area contributed by atoms with E-state index in [0.717, 1.165) is 44.3 Å². The van der Waals surface area contributed by atoms with Gasteiger partial charge in [-0.3, -0.25) is 14.5 Å². The van der Waals surface area contributed by atoms with Crippen LogP contribution in [-0.4, -0.2) is 54.3 Å². The van der Waals surface area contributed by atoms with Crippen molar-refractivity contribution in [3.63, 3.8) is 0 Å². The van der Waals surface area contributed by atoms with Gasteiger partial charge in [0.1, 0.15) is 5.70 Å². The van der Waals surface area contributed by atoms with Gasteiger partial charge in [-0.2, -0.15) is 0 Å². The summed E-state index contributed by atoms with van der Waals surface area (Å²) in [5, 5.41) is 0.612. The third kappa shape index (κ3) is 4.68. The van der Waals surface area contributed by atoms with E-state index in [1.54, 1.807) is 12.1 Å². The lowest BCUT2D eigenvalue weighted by Crippen LogP contribution is -2.47. The second-order valence-corrected chi connectivity index (χ2v) is 8.80. The summed E-state index contributed by atoms with van der Waals surface area (Å²) < 4.78 is 0. The number of nitrogens with zero attached hydrogens (tertiary/aromatic N) is 3. The van der Waals surface area contributed by atoms with Crippen molar-refractivity contribution in [2.45, 2.75) is 32.6 Å². The number of hydrogen-bond donors (Lipinski definition) is 0. The first-order chi connectivity index (χ1) is 15.6. The maximum absolute atomic E-state index is 13.4. The lowest BCUT2D eigenvalue weighted by Gasteiger charge is -2.37. The van der Waals surface area contributed by atoms with E-state index in [4.69, 9.17) is 11.6 Å². The molecule has 0 spiro atoms. The molecule has 0 bridgehead atoms. The van der Waals surface area contributed by atoms with Crippen LogP contribution in [0.1, 0.15) is 38.2 Å². The normalized spacial score (nSPS) is 17.0. The minimum absolute atomic E-state index is 0.162. The van der Waals surface area contributed by atoms with Crippen molar-refractivity contribution in [3.05, 3.63) is 70.9 Å². The molecular weight excluding hydrogens is 422 g/mol. The Balaban J connectivity index is 1.57. The molecule has 2 aliphatic rings. The zero-order chi connectivity index (χ0) is 22.5. The van der Waals surface area contributed by atoms with E-state index in [-0.39, 0.29) is 11.8 Å². The predicted molar refractivity (Wildman–Crippen MR) is 129 cm³/mol. The number of halogens is 1. The SMILES string of the molecule is CCCCCCN1C(=O)C(c2ccc(Cl)cc2)=C(N2CCN(c3ccccc3)CC2)C1=O. The van der Waals surface area contributed by atoms with Gasteiger partial charge in [0, 0.05) is 43.4 Å². The molecule has 0 aromatic heterocycles. The van der Waals surface area contributed by atoms with Crippen LogP contribution in [0.2, 0.25) is 5.02 Å². The van der Waals surface area contributed by atoms with E-state index in [1.165, 1.54) is 10.6 Å². The summed E-state index contributed by atoms with van der Waals surface area (Å²) in [6.07, 6.45) is 4.10. The fourth-order valence-corrected chi connectivity index (χ4v) is 4.59. The molecule has 6 heteroatoms. The average Bonchev–Trinajstić information content (AvgIpc) is 3.07. The second kappa shape index (κ2) is 10.2. The molecular formula is C26H30ClN3O2. The Morgan fingerprint density at radius 1 is 0.781 bits per heavy atom. The second-order valence-electron chi connectivity index (χ2n) is 8.36. The fraction of sp³-hybridized carbons (Fsp3) is 0.385. The topological polar surface area (TPSA) is 43.9 Å². The highest BCUT2D eigenvalue weighted by Crippen LogP contribution is 2.33. The van der Waals surface area contributed by atoms with Crippen molar-refractivity contribution in [2.75, 3.05) is 37.6 Å². The van der Waals surface area contributed by atoms with Gasteiger partial charge in [0.15, 0.2) is 0 Å². The van der Waals surface area contributed by atoms with E-state index in [1.807, 2.05) is 30.3 Å². The van der Waals surface area contributed by atoms with Crippen LogP contribution in [0.3, 0.4) is 0 Å². The summed E-state index contributed by atoms with van der Waals surface area (Å²) in [5.41, 5.74) is 2.99. The molecule has 2 heterocycles. The van der Waals surface area contributed by atoms with E-state index in [9.17, 15) is 9.59 Å². The number of carbonyl (C=O) groups is 2. The van der Waals surface area contributed by atoms with Gasteiger partial charge in [-0.15, -0.1) is 0 Å². The van der Waals surface area contributed by atoms with Crippen molar-refractivity contribution in [1.29, 1.82) is 0 Å². The Morgan fingerprint density at radius 2 is 1.44 bits per heavy atom. The number of rotatable bonds is 8. The number of hydrogen-bond acceptors (Lipinski definition) is 4. The molecule has 1 fully saturated rings. The van der Waals surface area contributed by atoms with Crippen molar-refractivity contribution in [2.24, 2.45) is 0 Å². The fourth-order valence-electron chi connectivity index (χ4n) is 4.46. The number of anilines is 1. The summed E-state index contributed by atoms with van der Waals surface area (Å²) in [6.45, 7) is 5.63. The standard InChI is InChI=1S/C26H30ClN3O2/c1-2-3-4-8-15-30-25(31)23(20-11-13-21(27)14-12-20)24(26(30)32)29-18-16-28(17-19-29)22-9-6-5-7-10-22/h5-7,9-14H,2-4,8,15-19H2,1H3. The molecule has 4 rings (SSSR count). The molecule has 5 nitrogen and oxygen atoms in total. The zero-order valence-electron chi connectivity index (χ0n) is 18.6. The molecule has 0 saturated carbocycles. The Bertz CT molecular complexity index is 980. The summed E-state index contributed by atoms with van der Waals surface area (Å²) in [7, 11) is 0. The van der Waals surface area contributed by atoms with E-state index < -0.39 is 0 Å². The monoisotopic (exact) mass is 451 g/mol. The molecule has 1 saturated heterocycles. The van der Waals surface area contributed by atoms with E-state index >= 15 is 0 Å². The number of carbonyl (C=O) groups excluding carboxylic acids is 2. The summed E-state index contributed by atoms with van der Waals surface area (Å²) in [5.74, 6) is -0.348. The molecule has 0 radical (unpaired) electrons. The Morgan fingerprint density at radius 3 is 2.09 bits per heavy atom. The van der Waals surface area contributed by atoms with E-state index in [2.05, 4.69) is 28.9 Å². The van der Waals surface area contributed by atoms with Gasteiger partial charge in [-0.05, 0) is 36.2 Å². The highest BCUT2D eigenvalue weighted by molar-refractivity contribution is 6.36. The van der Waals surface area contributed by atoms with Crippen LogP contribution in [0.25, 0.3) is 5.57 Å². The number of amides is 2. The van der Waals surface area contributed by atoms with Crippen LogP contribution in [0.5, 0.6) is 0 Å². The Labute approximate surface area is 195 Å². The van der Waals surface area contributed by atoms with Crippen molar-refractivity contribution in [1.82, 2.24) is 9.80 Å². The van der Waals surface area contributed by atoms with Gasteiger partial charge in [-0.25, -0.2) is 0 Å². The molecule has 2 aliphatic heterocycles. The van der Waals surface area contributed by atoms with Gasteiger partial charge < -0.3 is 9.80 Å². The Kier molecular flexibility index (Phi) is 7.15. The lowest BCUT2D eigenvalue weighted by molar-refractivity contribution is -0.137. The van der Waals surface area contributed by atoms with Crippen LogP contribution in [0.4, 0.5) is 5.69 Å². The van der Waals surface area contributed by atoms with Gasteiger partial charge >= 0.3 is 0 Å². The highest BCUT2D eigenvalue weighted by atomic mass is 35.5. The molecule has 2 aromatic rings. The maximum Gasteiger partial charge on any atom is 0.277 e. The predicted octanol–water partition coefficient (Wildman–Crippen LogP) is 4.82. The lowest BCUT2D eigenvalue weighted by atomic mass is 10.0. The largest absolute Gasteiger partial charge is 0.368 e. The van der Waals surface area contributed by atoms with Crippen LogP contribution in [-0.2, 0) is 9.59 Å². The van der Waals surface area contributed by atoms with Crippen molar-refractivity contribution in [3.8, 4) is 0 Å². The number of para-hydroxylation sites is 1. The Hall–Kier alpha value is -2.79. The summed E-state index contributed by atoms with van der Waals surface area (Å²) in [6, 6.07) is 17.5. The van der Waals surface area contributed by atoms with Crippen LogP contribution in [0, 0.1) is 0 Å². The van der Waals surface area contributed by atoms with Crippen LogP contribution in [0.15, 0.2) is 60.3 Å². The number of piperazine rings is 1.